The molecule has 0 saturated carbocycles. The topological polar surface area (TPSA) is 17.4 Å². The molecular weight excluding hydrogens is 243 g/mol. The van der Waals surface area contributed by atoms with E-state index >= 15 is 0 Å². The molecule has 3 rings (SSSR count). The zero-order valence-corrected chi connectivity index (χ0v) is 10.8. The Balaban J connectivity index is 1.84. The van der Waals surface area contributed by atoms with E-state index in [1.165, 1.54) is 6.07 Å². The largest absolute Gasteiger partial charge is 0.379 e. The molecule has 2 heterocycles. The summed E-state index contributed by atoms with van der Waals surface area (Å²) in [4.78, 5) is 2.33. The lowest BCUT2D eigenvalue weighted by atomic mass is 10.3. The van der Waals surface area contributed by atoms with Crippen molar-refractivity contribution in [1.82, 2.24) is 9.47 Å². The van der Waals surface area contributed by atoms with E-state index in [0.717, 1.165) is 38.5 Å². The van der Waals surface area contributed by atoms with Gasteiger partial charge in [0.1, 0.15) is 5.82 Å². The van der Waals surface area contributed by atoms with Gasteiger partial charge in [0, 0.05) is 31.5 Å². The molecule has 19 heavy (non-hydrogen) atoms. The van der Waals surface area contributed by atoms with Gasteiger partial charge in [0.05, 0.1) is 18.9 Å². The molecular formula is C15H17FN2O. The smallest absolute Gasteiger partial charge is 0.147 e. The maximum atomic E-state index is 13.9. The standard InChI is InChI=1S/C15H17FN2O/c16-14-5-1-2-6-15(14)18-7-3-4-13(18)12-17-8-10-19-11-9-17/h1-7H,8-12H2. The molecule has 1 aromatic carbocycles. The number of halogens is 1. The molecule has 0 aliphatic carbocycles. The molecule has 1 saturated heterocycles. The lowest BCUT2D eigenvalue weighted by Gasteiger charge is -2.27. The van der Waals surface area contributed by atoms with Crippen LogP contribution < -0.4 is 0 Å². The number of ether oxygens (including phenoxy) is 1. The summed E-state index contributed by atoms with van der Waals surface area (Å²) in [6.45, 7) is 4.25. The van der Waals surface area contributed by atoms with Crippen LogP contribution in [0.5, 0.6) is 0 Å². The Hall–Kier alpha value is -1.65. The molecule has 3 nitrogen and oxygen atoms in total. The van der Waals surface area contributed by atoms with Crippen molar-refractivity contribution >= 4 is 0 Å². The van der Waals surface area contributed by atoms with Crippen LogP contribution in [-0.4, -0.2) is 35.8 Å². The lowest BCUT2D eigenvalue weighted by Crippen LogP contribution is -2.36. The number of rotatable bonds is 3. The molecule has 0 atom stereocenters. The van der Waals surface area contributed by atoms with Crippen LogP contribution in [0.3, 0.4) is 0 Å². The predicted octanol–water partition coefficient (Wildman–Crippen LogP) is 2.45. The third kappa shape index (κ3) is 2.69. The first kappa shape index (κ1) is 12.4. The number of hydrogen-bond acceptors (Lipinski definition) is 2. The van der Waals surface area contributed by atoms with Crippen molar-refractivity contribution in [2.45, 2.75) is 6.54 Å². The van der Waals surface area contributed by atoms with Gasteiger partial charge < -0.3 is 9.30 Å². The Morgan fingerprint density at radius 2 is 1.84 bits per heavy atom. The monoisotopic (exact) mass is 260 g/mol. The Labute approximate surface area is 112 Å². The zero-order chi connectivity index (χ0) is 13.1. The maximum absolute atomic E-state index is 13.9. The molecule has 1 aliphatic heterocycles. The Kier molecular flexibility index (Phi) is 3.62. The summed E-state index contributed by atoms with van der Waals surface area (Å²) in [5.41, 5.74) is 1.71. The van der Waals surface area contributed by atoms with Crippen LogP contribution >= 0.6 is 0 Å². The van der Waals surface area contributed by atoms with E-state index in [2.05, 4.69) is 4.90 Å². The van der Waals surface area contributed by atoms with Gasteiger partial charge in [0.15, 0.2) is 0 Å². The molecule has 1 aromatic heterocycles. The Bertz CT molecular complexity index is 547. The highest BCUT2D eigenvalue weighted by atomic mass is 19.1. The number of para-hydroxylation sites is 1. The van der Waals surface area contributed by atoms with Crippen molar-refractivity contribution in [2.24, 2.45) is 0 Å². The van der Waals surface area contributed by atoms with Crippen molar-refractivity contribution < 1.29 is 9.13 Å². The van der Waals surface area contributed by atoms with Crippen molar-refractivity contribution in [1.29, 1.82) is 0 Å². The molecule has 1 fully saturated rings. The molecule has 100 valence electrons. The van der Waals surface area contributed by atoms with E-state index in [-0.39, 0.29) is 5.82 Å². The second kappa shape index (κ2) is 5.55. The van der Waals surface area contributed by atoms with Crippen LogP contribution in [0, 0.1) is 5.82 Å². The van der Waals surface area contributed by atoms with Crippen molar-refractivity contribution in [3.05, 3.63) is 54.1 Å². The molecule has 0 radical (unpaired) electrons. The molecule has 4 heteroatoms. The van der Waals surface area contributed by atoms with E-state index in [0.29, 0.717) is 5.69 Å². The summed E-state index contributed by atoms with van der Waals surface area (Å²) in [7, 11) is 0. The number of hydrogen-bond donors (Lipinski definition) is 0. The summed E-state index contributed by atoms with van der Waals surface area (Å²) in [5.74, 6) is -0.193. The number of morpholine rings is 1. The van der Waals surface area contributed by atoms with Crippen molar-refractivity contribution in [2.75, 3.05) is 26.3 Å². The highest BCUT2D eigenvalue weighted by Crippen LogP contribution is 2.17. The second-order valence-corrected chi connectivity index (χ2v) is 4.71. The third-order valence-corrected chi connectivity index (χ3v) is 3.43. The van der Waals surface area contributed by atoms with Crippen LogP contribution in [-0.2, 0) is 11.3 Å². The van der Waals surface area contributed by atoms with E-state index in [9.17, 15) is 4.39 Å². The summed E-state index contributed by atoms with van der Waals surface area (Å²) in [6, 6.07) is 10.9. The van der Waals surface area contributed by atoms with Gasteiger partial charge in [0.25, 0.3) is 0 Å². The minimum atomic E-state index is -0.193. The van der Waals surface area contributed by atoms with E-state index in [1.807, 2.05) is 29.0 Å². The number of benzene rings is 1. The van der Waals surface area contributed by atoms with E-state index in [1.54, 1.807) is 12.1 Å². The molecule has 0 N–H and O–H groups in total. The van der Waals surface area contributed by atoms with Crippen molar-refractivity contribution in [3.63, 3.8) is 0 Å². The highest BCUT2D eigenvalue weighted by molar-refractivity contribution is 5.36. The van der Waals surface area contributed by atoms with Gasteiger partial charge in [-0.15, -0.1) is 0 Å². The molecule has 0 amide bonds. The quantitative estimate of drug-likeness (QED) is 0.843. The highest BCUT2D eigenvalue weighted by Gasteiger charge is 2.14. The summed E-state index contributed by atoms with van der Waals surface area (Å²) in [6.07, 6.45) is 1.91. The zero-order valence-electron chi connectivity index (χ0n) is 10.8. The third-order valence-electron chi connectivity index (χ3n) is 3.43. The average Bonchev–Trinajstić information content (AvgIpc) is 2.88. The molecule has 2 aromatic rings. The van der Waals surface area contributed by atoms with Gasteiger partial charge in [-0.05, 0) is 24.3 Å². The summed E-state index contributed by atoms with van der Waals surface area (Å²) in [5, 5.41) is 0. The fourth-order valence-electron chi connectivity index (χ4n) is 2.42. The van der Waals surface area contributed by atoms with Gasteiger partial charge in [-0.3, -0.25) is 4.90 Å². The first-order valence-corrected chi connectivity index (χ1v) is 6.56. The van der Waals surface area contributed by atoms with E-state index < -0.39 is 0 Å². The molecule has 0 bridgehead atoms. The molecule has 0 unspecified atom stereocenters. The molecule has 1 aliphatic rings. The fraction of sp³-hybridized carbons (Fsp3) is 0.333. The van der Waals surface area contributed by atoms with Crippen LogP contribution in [0.2, 0.25) is 0 Å². The second-order valence-electron chi connectivity index (χ2n) is 4.71. The first-order valence-electron chi connectivity index (χ1n) is 6.56. The number of aromatic nitrogens is 1. The number of nitrogens with zero attached hydrogens (tertiary/aromatic N) is 2. The predicted molar refractivity (Wildman–Crippen MR) is 71.8 cm³/mol. The maximum Gasteiger partial charge on any atom is 0.147 e. The first-order chi connectivity index (χ1) is 9.34. The van der Waals surface area contributed by atoms with Gasteiger partial charge in [-0.2, -0.15) is 0 Å². The van der Waals surface area contributed by atoms with Crippen LogP contribution in [0.1, 0.15) is 5.69 Å². The van der Waals surface area contributed by atoms with Gasteiger partial charge in [-0.1, -0.05) is 12.1 Å². The normalized spacial score (nSPS) is 16.7. The fourth-order valence-corrected chi connectivity index (χ4v) is 2.42. The van der Waals surface area contributed by atoms with Gasteiger partial charge >= 0.3 is 0 Å². The molecule has 0 spiro atoms. The van der Waals surface area contributed by atoms with Gasteiger partial charge in [-0.25, -0.2) is 4.39 Å². The SMILES string of the molecule is Fc1ccccc1-n1cccc1CN1CCOCC1. The van der Waals surface area contributed by atoms with Crippen LogP contribution in [0.15, 0.2) is 42.6 Å². The minimum absolute atomic E-state index is 0.193. The van der Waals surface area contributed by atoms with Gasteiger partial charge in [0.2, 0.25) is 0 Å². The lowest BCUT2D eigenvalue weighted by molar-refractivity contribution is 0.0334. The summed E-state index contributed by atoms with van der Waals surface area (Å²) < 4.78 is 21.1. The summed E-state index contributed by atoms with van der Waals surface area (Å²) >= 11 is 0. The van der Waals surface area contributed by atoms with Crippen LogP contribution in [0.4, 0.5) is 4.39 Å². The Morgan fingerprint density at radius 1 is 1.05 bits per heavy atom. The van der Waals surface area contributed by atoms with E-state index in [4.69, 9.17) is 4.74 Å². The van der Waals surface area contributed by atoms with Crippen molar-refractivity contribution in [3.8, 4) is 5.69 Å². The Morgan fingerprint density at radius 3 is 2.63 bits per heavy atom. The van der Waals surface area contributed by atoms with Crippen LogP contribution in [0.25, 0.3) is 5.69 Å². The average molecular weight is 260 g/mol. The minimum Gasteiger partial charge on any atom is -0.379 e.